The number of aryl methyl sites for hydroxylation is 1. The van der Waals surface area contributed by atoms with E-state index in [1.165, 1.54) is 11.5 Å². The zero-order valence-electron chi connectivity index (χ0n) is 9.57. The summed E-state index contributed by atoms with van der Waals surface area (Å²) in [6.45, 7) is 9.98. The predicted octanol–water partition coefficient (Wildman–Crippen LogP) is 1.04. The summed E-state index contributed by atoms with van der Waals surface area (Å²) >= 11 is 0. The van der Waals surface area contributed by atoms with Crippen molar-refractivity contribution >= 4 is 0 Å². The van der Waals surface area contributed by atoms with Crippen molar-refractivity contribution in [2.75, 3.05) is 26.3 Å². The third-order valence-corrected chi connectivity index (χ3v) is 2.92. The molecule has 0 aromatic carbocycles. The van der Waals surface area contributed by atoms with Crippen LogP contribution in [0, 0.1) is 6.92 Å². The Labute approximate surface area is 90.9 Å². The van der Waals surface area contributed by atoms with Gasteiger partial charge in [-0.15, -0.1) is 0 Å². The van der Waals surface area contributed by atoms with E-state index in [1.807, 2.05) is 6.20 Å². The molecule has 0 saturated carbocycles. The molecule has 0 atom stereocenters. The Hall–Kier alpha value is -0.870. The predicted molar refractivity (Wildman–Crippen MR) is 58.7 cm³/mol. The average molecular weight is 209 g/mol. The summed E-state index contributed by atoms with van der Waals surface area (Å²) in [5, 5.41) is 0. The Bertz CT molecular complexity index is 316. The van der Waals surface area contributed by atoms with Gasteiger partial charge in [-0.05, 0) is 13.8 Å². The van der Waals surface area contributed by atoms with Gasteiger partial charge in [0.1, 0.15) is 5.82 Å². The van der Waals surface area contributed by atoms with Gasteiger partial charge >= 0.3 is 0 Å². The first-order chi connectivity index (χ1) is 7.31. The van der Waals surface area contributed by atoms with Crippen LogP contribution in [0.25, 0.3) is 0 Å². The van der Waals surface area contributed by atoms with Gasteiger partial charge in [0.05, 0.1) is 19.8 Å². The second-order valence-corrected chi connectivity index (χ2v) is 3.95. The van der Waals surface area contributed by atoms with Gasteiger partial charge in [-0.25, -0.2) is 4.98 Å². The third kappa shape index (κ3) is 2.38. The molecule has 84 valence electrons. The maximum Gasteiger partial charge on any atom is 0.123 e. The molecule has 0 N–H and O–H groups in total. The molecule has 1 aromatic rings. The number of nitrogens with zero attached hydrogens (tertiary/aromatic N) is 3. The lowest BCUT2D eigenvalue weighted by Gasteiger charge is -2.26. The van der Waals surface area contributed by atoms with E-state index in [0.717, 1.165) is 39.4 Å². The molecule has 0 spiro atoms. The minimum absolute atomic E-state index is 0.853. The Morgan fingerprint density at radius 2 is 2.13 bits per heavy atom. The number of aromatic nitrogens is 2. The lowest BCUT2D eigenvalue weighted by molar-refractivity contribution is 0.0326. The largest absolute Gasteiger partial charge is 0.379 e. The van der Waals surface area contributed by atoms with Crippen LogP contribution in [-0.4, -0.2) is 40.8 Å². The summed E-state index contributed by atoms with van der Waals surface area (Å²) < 4.78 is 7.60. The SMILES string of the molecule is CCn1c(C)cnc1CN1CCOCC1. The van der Waals surface area contributed by atoms with E-state index in [0.29, 0.717) is 0 Å². The summed E-state index contributed by atoms with van der Waals surface area (Å²) in [6, 6.07) is 0. The smallest absolute Gasteiger partial charge is 0.123 e. The van der Waals surface area contributed by atoms with Crippen LogP contribution in [-0.2, 0) is 17.8 Å². The first kappa shape index (κ1) is 10.6. The van der Waals surface area contributed by atoms with Gasteiger partial charge in [-0.1, -0.05) is 0 Å². The Morgan fingerprint density at radius 3 is 2.80 bits per heavy atom. The number of imidazole rings is 1. The molecule has 4 nitrogen and oxygen atoms in total. The molecule has 2 heterocycles. The van der Waals surface area contributed by atoms with Crippen LogP contribution in [0.5, 0.6) is 0 Å². The van der Waals surface area contributed by atoms with Crippen LogP contribution in [0.1, 0.15) is 18.4 Å². The quantitative estimate of drug-likeness (QED) is 0.745. The van der Waals surface area contributed by atoms with Crippen molar-refractivity contribution in [2.45, 2.75) is 26.9 Å². The topological polar surface area (TPSA) is 30.3 Å². The average Bonchev–Trinajstić information content (AvgIpc) is 2.61. The van der Waals surface area contributed by atoms with E-state index in [2.05, 4.69) is 28.3 Å². The van der Waals surface area contributed by atoms with E-state index in [4.69, 9.17) is 4.74 Å². The maximum absolute atomic E-state index is 5.33. The molecule has 2 rings (SSSR count). The van der Waals surface area contributed by atoms with Gasteiger partial charge in [0.2, 0.25) is 0 Å². The molecule has 4 heteroatoms. The fourth-order valence-corrected chi connectivity index (χ4v) is 2.03. The van der Waals surface area contributed by atoms with Crippen LogP contribution < -0.4 is 0 Å². The Morgan fingerprint density at radius 1 is 1.40 bits per heavy atom. The van der Waals surface area contributed by atoms with E-state index in [1.54, 1.807) is 0 Å². The zero-order valence-corrected chi connectivity index (χ0v) is 9.57. The van der Waals surface area contributed by atoms with Crippen molar-refractivity contribution in [1.29, 1.82) is 0 Å². The fraction of sp³-hybridized carbons (Fsp3) is 0.727. The third-order valence-electron chi connectivity index (χ3n) is 2.92. The molecule has 1 fully saturated rings. The zero-order chi connectivity index (χ0) is 10.7. The highest BCUT2D eigenvalue weighted by atomic mass is 16.5. The van der Waals surface area contributed by atoms with Crippen molar-refractivity contribution in [1.82, 2.24) is 14.5 Å². The number of morpholine rings is 1. The van der Waals surface area contributed by atoms with Gasteiger partial charge in [0, 0.05) is 31.5 Å². The second-order valence-electron chi connectivity index (χ2n) is 3.95. The van der Waals surface area contributed by atoms with Gasteiger partial charge in [0.15, 0.2) is 0 Å². The van der Waals surface area contributed by atoms with Gasteiger partial charge in [-0.3, -0.25) is 4.90 Å². The lowest BCUT2D eigenvalue weighted by Crippen LogP contribution is -2.36. The molecule has 0 unspecified atom stereocenters. The Kier molecular flexibility index (Phi) is 3.38. The first-order valence-electron chi connectivity index (χ1n) is 5.62. The Balaban J connectivity index is 2.02. The van der Waals surface area contributed by atoms with E-state index >= 15 is 0 Å². The van der Waals surface area contributed by atoms with Crippen LogP contribution in [0.2, 0.25) is 0 Å². The van der Waals surface area contributed by atoms with Crippen LogP contribution in [0.15, 0.2) is 6.20 Å². The molecular formula is C11H19N3O. The molecule has 15 heavy (non-hydrogen) atoms. The number of ether oxygens (including phenoxy) is 1. The summed E-state index contributed by atoms with van der Waals surface area (Å²) in [5.41, 5.74) is 1.25. The monoisotopic (exact) mass is 209 g/mol. The number of hydrogen-bond donors (Lipinski definition) is 0. The van der Waals surface area contributed by atoms with Gasteiger partial charge in [0.25, 0.3) is 0 Å². The fourth-order valence-electron chi connectivity index (χ4n) is 2.03. The second kappa shape index (κ2) is 4.77. The molecule has 0 aliphatic carbocycles. The number of hydrogen-bond acceptors (Lipinski definition) is 3. The lowest BCUT2D eigenvalue weighted by atomic mass is 10.4. The van der Waals surface area contributed by atoms with Crippen molar-refractivity contribution in [2.24, 2.45) is 0 Å². The first-order valence-corrected chi connectivity index (χ1v) is 5.62. The van der Waals surface area contributed by atoms with Gasteiger partial charge in [-0.2, -0.15) is 0 Å². The van der Waals surface area contributed by atoms with Crippen molar-refractivity contribution in [3.8, 4) is 0 Å². The molecule has 1 aliphatic heterocycles. The normalized spacial score (nSPS) is 18.3. The van der Waals surface area contributed by atoms with E-state index in [9.17, 15) is 0 Å². The highest BCUT2D eigenvalue weighted by molar-refractivity contribution is 5.03. The van der Waals surface area contributed by atoms with E-state index < -0.39 is 0 Å². The van der Waals surface area contributed by atoms with E-state index in [-0.39, 0.29) is 0 Å². The molecule has 0 radical (unpaired) electrons. The molecule has 0 amide bonds. The molecule has 1 aromatic heterocycles. The summed E-state index contributed by atoms with van der Waals surface area (Å²) in [6.07, 6.45) is 1.96. The van der Waals surface area contributed by atoms with Crippen LogP contribution in [0.3, 0.4) is 0 Å². The van der Waals surface area contributed by atoms with Crippen molar-refractivity contribution < 1.29 is 4.74 Å². The minimum atomic E-state index is 0.853. The molecule has 1 aliphatic rings. The van der Waals surface area contributed by atoms with Crippen LogP contribution >= 0.6 is 0 Å². The van der Waals surface area contributed by atoms with Crippen LogP contribution in [0.4, 0.5) is 0 Å². The molecule has 0 bridgehead atoms. The standard InChI is InChI=1S/C11H19N3O/c1-3-14-10(2)8-12-11(14)9-13-4-6-15-7-5-13/h8H,3-7,9H2,1-2H3. The summed E-state index contributed by atoms with van der Waals surface area (Å²) in [5.74, 6) is 1.18. The minimum Gasteiger partial charge on any atom is -0.379 e. The molecular weight excluding hydrogens is 190 g/mol. The van der Waals surface area contributed by atoms with Crippen molar-refractivity contribution in [3.63, 3.8) is 0 Å². The summed E-state index contributed by atoms with van der Waals surface area (Å²) in [4.78, 5) is 6.86. The molecule has 1 saturated heterocycles. The number of rotatable bonds is 3. The highest BCUT2D eigenvalue weighted by Gasteiger charge is 2.14. The van der Waals surface area contributed by atoms with Gasteiger partial charge < -0.3 is 9.30 Å². The maximum atomic E-state index is 5.33. The van der Waals surface area contributed by atoms with Crippen molar-refractivity contribution in [3.05, 3.63) is 17.7 Å². The summed E-state index contributed by atoms with van der Waals surface area (Å²) in [7, 11) is 0. The highest BCUT2D eigenvalue weighted by Crippen LogP contribution is 2.08.